The molecule has 0 spiro atoms. The van der Waals surface area contributed by atoms with Gasteiger partial charge in [-0.2, -0.15) is 0 Å². The lowest BCUT2D eigenvalue weighted by Gasteiger charge is -2.10. The number of nitrogens with one attached hydrogen (secondary N) is 1. The Morgan fingerprint density at radius 2 is 1.86 bits per heavy atom. The van der Waals surface area contributed by atoms with Gasteiger partial charge in [-0.3, -0.25) is 4.72 Å². The maximum Gasteiger partial charge on any atom is 0.261 e. The predicted octanol–water partition coefficient (Wildman–Crippen LogP) is 3.43. The molecule has 0 aliphatic carbocycles. The summed E-state index contributed by atoms with van der Waals surface area (Å²) in [6.07, 6.45) is 0. The molecule has 0 amide bonds. The molecule has 2 aromatic rings. The summed E-state index contributed by atoms with van der Waals surface area (Å²) in [4.78, 5) is 0.110. The van der Waals surface area contributed by atoms with Crippen LogP contribution in [-0.2, 0) is 10.0 Å². The zero-order valence-electron chi connectivity index (χ0n) is 10.5. The predicted molar refractivity (Wildman–Crippen MR) is 89.6 cm³/mol. The van der Waals surface area contributed by atoms with Gasteiger partial charge >= 0.3 is 0 Å². The van der Waals surface area contributed by atoms with E-state index in [1.807, 2.05) is 0 Å². The molecule has 21 heavy (non-hydrogen) atoms. The molecule has 0 unspecified atom stereocenters. The molecule has 0 atom stereocenters. The van der Waals surface area contributed by atoms with E-state index < -0.39 is 10.0 Å². The van der Waals surface area contributed by atoms with Gasteiger partial charge in [-0.15, -0.1) is 0 Å². The highest BCUT2D eigenvalue weighted by atomic mass is 35.5. The Morgan fingerprint density at radius 1 is 1.14 bits per heavy atom. The summed E-state index contributed by atoms with van der Waals surface area (Å²) in [6, 6.07) is 10.5. The zero-order chi connectivity index (χ0) is 15.6. The lowest BCUT2D eigenvalue weighted by Crippen LogP contribution is -2.14. The third kappa shape index (κ3) is 3.85. The van der Waals surface area contributed by atoms with E-state index in [1.165, 1.54) is 24.3 Å². The second kappa shape index (κ2) is 6.19. The molecule has 8 heteroatoms. The van der Waals surface area contributed by atoms with Crippen LogP contribution in [0.3, 0.4) is 0 Å². The van der Waals surface area contributed by atoms with Crippen LogP contribution in [0.2, 0.25) is 10.0 Å². The molecule has 110 valence electrons. The molecular formula is C13H10Cl2N2O2S2. The first-order valence-electron chi connectivity index (χ1n) is 5.67. The molecule has 0 radical (unpaired) electrons. The number of anilines is 1. The van der Waals surface area contributed by atoms with Crippen LogP contribution in [0.4, 0.5) is 5.69 Å². The minimum absolute atomic E-state index is 0.00692. The highest BCUT2D eigenvalue weighted by molar-refractivity contribution is 7.92. The maximum absolute atomic E-state index is 12.3. The molecule has 4 nitrogen and oxygen atoms in total. The fraction of sp³-hybridized carbons (Fsp3) is 0. The molecule has 0 saturated carbocycles. The molecule has 2 aromatic carbocycles. The van der Waals surface area contributed by atoms with Crippen molar-refractivity contribution in [3.05, 3.63) is 58.1 Å². The third-order valence-electron chi connectivity index (χ3n) is 2.59. The molecule has 0 aliphatic heterocycles. The lowest BCUT2D eigenvalue weighted by molar-refractivity contribution is 0.601. The largest absolute Gasteiger partial charge is 0.389 e. The van der Waals surface area contributed by atoms with Crippen LogP contribution in [-0.4, -0.2) is 13.4 Å². The van der Waals surface area contributed by atoms with Crippen LogP contribution in [0.1, 0.15) is 5.56 Å². The SMILES string of the molecule is NC(=S)c1ccc(S(=O)(=O)Nc2cccc(Cl)c2)cc1Cl. The van der Waals surface area contributed by atoms with E-state index in [1.54, 1.807) is 18.2 Å². The van der Waals surface area contributed by atoms with Gasteiger partial charge in [-0.05, 0) is 36.4 Å². The number of hydrogen-bond acceptors (Lipinski definition) is 3. The van der Waals surface area contributed by atoms with Crippen molar-refractivity contribution in [2.75, 3.05) is 4.72 Å². The summed E-state index contributed by atoms with van der Waals surface area (Å²) in [7, 11) is -3.77. The Bertz CT molecular complexity index is 808. The smallest absolute Gasteiger partial charge is 0.261 e. The molecular weight excluding hydrogens is 351 g/mol. The van der Waals surface area contributed by atoms with Gasteiger partial charge in [-0.25, -0.2) is 8.42 Å². The van der Waals surface area contributed by atoms with Crippen LogP contribution in [0.25, 0.3) is 0 Å². The number of benzene rings is 2. The zero-order valence-corrected chi connectivity index (χ0v) is 13.7. The molecule has 3 N–H and O–H groups in total. The van der Waals surface area contributed by atoms with Crippen LogP contribution in [0.5, 0.6) is 0 Å². The molecule has 0 bridgehead atoms. The first-order chi connectivity index (χ1) is 9.79. The second-order valence-electron chi connectivity index (χ2n) is 4.12. The highest BCUT2D eigenvalue weighted by Crippen LogP contribution is 2.23. The molecule has 0 fully saturated rings. The van der Waals surface area contributed by atoms with Crippen LogP contribution < -0.4 is 10.5 Å². The molecule has 0 heterocycles. The summed E-state index contributed by atoms with van der Waals surface area (Å²) in [6.45, 7) is 0. The number of nitrogens with two attached hydrogens (primary N) is 1. The van der Waals surface area contributed by atoms with E-state index in [4.69, 9.17) is 41.2 Å². The Morgan fingerprint density at radius 3 is 2.43 bits per heavy atom. The van der Waals surface area contributed by atoms with E-state index >= 15 is 0 Å². The summed E-state index contributed by atoms with van der Waals surface area (Å²) < 4.78 is 27.0. The highest BCUT2D eigenvalue weighted by Gasteiger charge is 2.16. The van der Waals surface area contributed by atoms with Gasteiger partial charge in [0.05, 0.1) is 15.6 Å². The van der Waals surface area contributed by atoms with Crippen LogP contribution in [0.15, 0.2) is 47.4 Å². The van der Waals surface area contributed by atoms with Crippen molar-refractivity contribution >= 4 is 56.1 Å². The van der Waals surface area contributed by atoms with E-state index in [0.29, 0.717) is 16.3 Å². The van der Waals surface area contributed by atoms with E-state index in [2.05, 4.69) is 4.72 Å². The summed E-state index contributed by atoms with van der Waals surface area (Å²) >= 11 is 16.6. The van der Waals surface area contributed by atoms with Crippen molar-refractivity contribution in [3.8, 4) is 0 Å². The Balaban J connectivity index is 2.36. The molecule has 0 aromatic heterocycles. The number of hydrogen-bond donors (Lipinski definition) is 2. The average molecular weight is 361 g/mol. The van der Waals surface area contributed by atoms with Gasteiger partial charge in [0.15, 0.2) is 0 Å². The van der Waals surface area contributed by atoms with Gasteiger partial charge in [0.2, 0.25) is 0 Å². The average Bonchev–Trinajstić information content (AvgIpc) is 2.37. The fourth-order valence-corrected chi connectivity index (χ4v) is 3.48. The van der Waals surface area contributed by atoms with E-state index in [9.17, 15) is 8.42 Å². The van der Waals surface area contributed by atoms with E-state index in [-0.39, 0.29) is 14.9 Å². The minimum Gasteiger partial charge on any atom is -0.389 e. The van der Waals surface area contributed by atoms with E-state index in [0.717, 1.165) is 0 Å². The quantitative estimate of drug-likeness (QED) is 0.819. The maximum atomic E-state index is 12.3. The molecule has 0 aliphatic rings. The lowest BCUT2D eigenvalue weighted by atomic mass is 10.2. The number of thiocarbonyl (C=S) groups is 1. The first-order valence-corrected chi connectivity index (χ1v) is 8.32. The van der Waals surface area contributed by atoms with Crippen molar-refractivity contribution in [2.45, 2.75) is 4.90 Å². The van der Waals surface area contributed by atoms with Crippen molar-refractivity contribution in [2.24, 2.45) is 5.73 Å². The van der Waals surface area contributed by atoms with Gasteiger partial charge in [0.1, 0.15) is 4.99 Å². The second-order valence-corrected chi connectivity index (χ2v) is 7.09. The summed E-state index contributed by atoms with van der Waals surface area (Å²) in [5, 5.41) is 0.605. The van der Waals surface area contributed by atoms with Crippen molar-refractivity contribution in [3.63, 3.8) is 0 Å². The van der Waals surface area contributed by atoms with Crippen molar-refractivity contribution < 1.29 is 8.42 Å². The standard InChI is InChI=1S/C13H10Cl2N2O2S2/c14-8-2-1-3-9(6-8)17-21(18,19)10-4-5-11(13(16)20)12(15)7-10/h1-7,17H,(H2,16,20). The Labute approximate surface area is 137 Å². The monoisotopic (exact) mass is 360 g/mol. The normalized spacial score (nSPS) is 11.1. The first kappa shape index (κ1) is 16.0. The van der Waals surface area contributed by atoms with Gasteiger partial charge in [-0.1, -0.05) is 41.5 Å². The third-order valence-corrected chi connectivity index (χ3v) is 4.74. The summed E-state index contributed by atoms with van der Waals surface area (Å²) in [5.41, 5.74) is 6.26. The van der Waals surface area contributed by atoms with Gasteiger partial charge < -0.3 is 5.73 Å². The minimum atomic E-state index is -3.77. The number of sulfonamides is 1. The van der Waals surface area contributed by atoms with Crippen molar-refractivity contribution in [1.29, 1.82) is 0 Å². The topological polar surface area (TPSA) is 72.2 Å². The fourth-order valence-electron chi connectivity index (χ4n) is 1.63. The van der Waals surface area contributed by atoms with Crippen LogP contribution >= 0.6 is 35.4 Å². The van der Waals surface area contributed by atoms with Crippen molar-refractivity contribution in [1.82, 2.24) is 0 Å². The number of rotatable bonds is 4. The number of halogens is 2. The molecule has 2 rings (SSSR count). The van der Waals surface area contributed by atoms with Gasteiger partial charge in [0.25, 0.3) is 10.0 Å². The van der Waals surface area contributed by atoms with Crippen LogP contribution in [0, 0.1) is 0 Å². The molecule has 0 saturated heterocycles. The van der Waals surface area contributed by atoms with Gasteiger partial charge in [0, 0.05) is 10.6 Å². The Kier molecular flexibility index (Phi) is 4.73. The summed E-state index contributed by atoms with van der Waals surface area (Å²) in [5.74, 6) is 0. The Hall–Kier alpha value is -1.34.